The predicted octanol–water partition coefficient (Wildman–Crippen LogP) is 2.99. The SMILES string of the molecule is CC(C)OCCCNC(=O)C1CCCN(c2nc3cccnc3n(Cc3ccccc3)c2=O)C1. The Morgan fingerprint density at radius 3 is 2.82 bits per heavy atom. The predicted molar refractivity (Wildman–Crippen MR) is 133 cm³/mol. The first-order valence-electron chi connectivity index (χ1n) is 12.1. The number of pyridine rings is 1. The Bertz CT molecular complexity index is 1160. The van der Waals surface area contributed by atoms with E-state index in [1.165, 1.54) is 0 Å². The van der Waals surface area contributed by atoms with Gasteiger partial charge in [-0.15, -0.1) is 0 Å². The van der Waals surface area contributed by atoms with Gasteiger partial charge in [0.25, 0.3) is 5.56 Å². The zero-order chi connectivity index (χ0) is 23.9. The number of benzene rings is 1. The van der Waals surface area contributed by atoms with E-state index in [1.807, 2.05) is 61.2 Å². The van der Waals surface area contributed by atoms with E-state index in [-0.39, 0.29) is 23.5 Å². The molecule has 1 aliphatic rings. The molecule has 1 N–H and O–H groups in total. The van der Waals surface area contributed by atoms with Crippen LogP contribution in [0.5, 0.6) is 0 Å². The number of fused-ring (bicyclic) bond motifs is 1. The number of aromatic nitrogens is 3. The second-order valence-electron chi connectivity index (χ2n) is 9.01. The number of nitrogens with zero attached hydrogens (tertiary/aromatic N) is 4. The summed E-state index contributed by atoms with van der Waals surface area (Å²) in [5.74, 6) is 0.244. The number of hydrogen-bond acceptors (Lipinski definition) is 6. The summed E-state index contributed by atoms with van der Waals surface area (Å²) in [6.45, 7) is 6.81. The lowest BCUT2D eigenvalue weighted by Gasteiger charge is -2.32. The minimum atomic E-state index is -0.179. The molecule has 1 aromatic carbocycles. The van der Waals surface area contributed by atoms with E-state index in [9.17, 15) is 9.59 Å². The lowest BCUT2D eigenvalue weighted by Crippen LogP contribution is -2.46. The minimum absolute atomic E-state index is 0.0290. The van der Waals surface area contributed by atoms with Crippen LogP contribution in [0.25, 0.3) is 11.2 Å². The van der Waals surface area contributed by atoms with Crippen molar-refractivity contribution in [3.63, 3.8) is 0 Å². The van der Waals surface area contributed by atoms with Gasteiger partial charge >= 0.3 is 0 Å². The van der Waals surface area contributed by atoms with E-state index in [0.717, 1.165) is 24.8 Å². The van der Waals surface area contributed by atoms with Crippen molar-refractivity contribution in [3.05, 3.63) is 64.6 Å². The third kappa shape index (κ3) is 5.80. The normalized spacial score (nSPS) is 16.2. The van der Waals surface area contributed by atoms with E-state index in [2.05, 4.69) is 15.3 Å². The van der Waals surface area contributed by atoms with Crippen LogP contribution in [0.3, 0.4) is 0 Å². The van der Waals surface area contributed by atoms with Crippen LogP contribution >= 0.6 is 0 Å². The van der Waals surface area contributed by atoms with Crippen LogP contribution in [0.15, 0.2) is 53.5 Å². The van der Waals surface area contributed by atoms with Crippen molar-refractivity contribution >= 4 is 22.9 Å². The van der Waals surface area contributed by atoms with Crippen LogP contribution in [-0.2, 0) is 16.1 Å². The molecule has 34 heavy (non-hydrogen) atoms. The van der Waals surface area contributed by atoms with Crippen LogP contribution in [0, 0.1) is 5.92 Å². The molecule has 180 valence electrons. The molecule has 0 saturated carbocycles. The molecule has 0 radical (unpaired) electrons. The molecule has 1 unspecified atom stereocenters. The van der Waals surface area contributed by atoms with Crippen molar-refractivity contribution in [2.75, 3.05) is 31.1 Å². The number of carbonyl (C=O) groups excluding carboxylic acids is 1. The summed E-state index contributed by atoms with van der Waals surface area (Å²) in [5, 5.41) is 3.03. The number of hydrogen-bond donors (Lipinski definition) is 1. The number of amides is 1. The van der Waals surface area contributed by atoms with Gasteiger partial charge in [-0.1, -0.05) is 30.3 Å². The van der Waals surface area contributed by atoms with Gasteiger partial charge in [-0.25, -0.2) is 9.97 Å². The fourth-order valence-electron chi connectivity index (χ4n) is 4.31. The zero-order valence-corrected chi connectivity index (χ0v) is 19.9. The molecular formula is C26H33N5O3. The molecule has 1 saturated heterocycles. The Labute approximate surface area is 200 Å². The van der Waals surface area contributed by atoms with Gasteiger partial charge in [0.1, 0.15) is 5.52 Å². The zero-order valence-electron chi connectivity index (χ0n) is 19.9. The summed E-state index contributed by atoms with van der Waals surface area (Å²) in [4.78, 5) is 37.4. The fraction of sp³-hybridized carbons (Fsp3) is 0.462. The molecule has 8 heteroatoms. The van der Waals surface area contributed by atoms with Gasteiger partial charge in [0, 0.05) is 32.4 Å². The van der Waals surface area contributed by atoms with Crippen LogP contribution in [-0.4, -0.2) is 52.8 Å². The van der Waals surface area contributed by atoms with Gasteiger partial charge in [-0.2, -0.15) is 0 Å². The van der Waals surface area contributed by atoms with Gasteiger partial charge in [-0.05, 0) is 50.8 Å². The van der Waals surface area contributed by atoms with Crippen molar-refractivity contribution in [2.45, 2.75) is 45.8 Å². The van der Waals surface area contributed by atoms with Crippen molar-refractivity contribution in [1.29, 1.82) is 0 Å². The molecule has 3 aromatic rings. The van der Waals surface area contributed by atoms with Crippen molar-refractivity contribution in [3.8, 4) is 0 Å². The summed E-state index contributed by atoms with van der Waals surface area (Å²) in [7, 11) is 0. The highest BCUT2D eigenvalue weighted by molar-refractivity contribution is 5.79. The van der Waals surface area contributed by atoms with Crippen molar-refractivity contribution in [2.24, 2.45) is 5.92 Å². The topological polar surface area (TPSA) is 89.3 Å². The second kappa shape index (κ2) is 11.2. The van der Waals surface area contributed by atoms with E-state index in [0.29, 0.717) is 49.8 Å². The fourth-order valence-corrected chi connectivity index (χ4v) is 4.31. The number of nitrogens with one attached hydrogen (secondary N) is 1. The van der Waals surface area contributed by atoms with Crippen LogP contribution in [0.4, 0.5) is 5.82 Å². The highest BCUT2D eigenvalue weighted by atomic mass is 16.5. The molecule has 2 aromatic heterocycles. The molecule has 0 bridgehead atoms. The van der Waals surface area contributed by atoms with Crippen LogP contribution in [0.1, 0.15) is 38.7 Å². The maximum absolute atomic E-state index is 13.6. The summed E-state index contributed by atoms with van der Waals surface area (Å²) >= 11 is 0. The molecule has 1 aliphatic heterocycles. The van der Waals surface area contributed by atoms with E-state index in [4.69, 9.17) is 4.74 Å². The average Bonchev–Trinajstić information content (AvgIpc) is 2.86. The van der Waals surface area contributed by atoms with Gasteiger partial charge < -0.3 is 15.0 Å². The highest BCUT2D eigenvalue weighted by Crippen LogP contribution is 2.22. The number of piperidine rings is 1. The lowest BCUT2D eigenvalue weighted by atomic mass is 9.97. The summed E-state index contributed by atoms with van der Waals surface area (Å²) in [6, 6.07) is 13.6. The smallest absolute Gasteiger partial charge is 0.295 e. The Balaban J connectivity index is 1.52. The summed E-state index contributed by atoms with van der Waals surface area (Å²) < 4.78 is 7.22. The molecule has 0 aliphatic carbocycles. The molecule has 8 nitrogen and oxygen atoms in total. The number of carbonyl (C=O) groups is 1. The first-order valence-corrected chi connectivity index (χ1v) is 12.1. The lowest BCUT2D eigenvalue weighted by molar-refractivity contribution is -0.125. The monoisotopic (exact) mass is 463 g/mol. The molecule has 3 heterocycles. The van der Waals surface area contributed by atoms with Gasteiger partial charge in [-0.3, -0.25) is 14.2 Å². The molecule has 1 amide bonds. The van der Waals surface area contributed by atoms with Crippen LogP contribution < -0.4 is 15.8 Å². The number of anilines is 1. The van der Waals surface area contributed by atoms with Crippen molar-refractivity contribution < 1.29 is 9.53 Å². The standard InChI is InChI=1S/C26H33N5O3/c1-19(2)34-16-8-14-28-25(32)21-11-7-15-30(18-21)24-26(33)31(17-20-9-4-3-5-10-20)23-22(29-24)12-6-13-27-23/h3-6,9-10,12-13,19,21H,7-8,11,14-18H2,1-2H3,(H,28,32). The van der Waals surface area contributed by atoms with Crippen molar-refractivity contribution in [1.82, 2.24) is 19.9 Å². The summed E-state index contributed by atoms with van der Waals surface area (Å²) in [5.41, 5.74) is 2.08. The highest BCUT2D eigenvalue weighted by Gasteiger charge is 2.28. The quantitative estimate of drug-likeness (QED) is 0.491. The van der Waals surface area contributed by atoms with Gasteiger partial charge in [0.05, 0.1) is 18.6 Å². The average molecular weight is 464 g/mol. The Morgan fingerprint density at radius 2 is 2.03 bits per heavy atom. The molecule has 0 spiro atoms. The molecular weight excluding hydrogens is 430 g/mol. The number of rotatable bonds is 9. The minimum Gasteiger partial charge on any atom is -0.379 e. The second-order valence-corrected chi connectivity index (χ2v) is 9.01. The molecule has 4 rings (SSSR count). The number of ether oxygens (including phenoxy) is 1. The van der Waals surface area contributed by atoms with E-state index < -0.39 is 0 Å². The van der Waals surface area contributed by atoms with Crippen LogP contribution in [0.2, 0.25) is 0 Å². The van der Waals surface area contributed by atoms with E-state index >= 15 is 0 Å². The first-order chi connectivity index (χ1) is 16.5. The maximum Gasteiger partial charge on any atom is 0.295 e. The summed E-state index contributed by atoms with van der Waals surface area (Å²) in [6.07, 6.45) is 4.29. The Hall–Kier alpha value is -3.26. The molecule has 1 atom stereocenters. The van der Waals surface area contributed by atoms with Gasteiger partial charge in [0.15, 0.2) is 11.5 Å². The maximum atomic E-state index is 13.6. The van der Waals surface area contributed by atoms with Gasteiger partial charge in [0.2, 0.25) is 5.91 Å². The van der Waals surface area contributed by atoms with E-state index in [1.54, 1.807) is 10.8 Å². The third-order valence-corrected chi connectivity index (χ3v) is 6.03. The largest absolute Gasteiger partial charge is 0.379 e. The first kappa shape index (κ1) is 23.9. The Kier molecular flexibility index (Phi) is 7.90. The molecule has 1 fully saturated rings. The Morgan fingerprint density at radius 1 is 1.21 bits per heavy atom. The third-order valence-electron chi connectivity index (χ3n) is 6.03.